The quantitative estimate of drug-likeness (QED) is 0.0988. The molecule has 1 unspecified atom stereocenters. The Morgan fingerprint density at radius 2 is 1.16 bits per heavy atom. The largest absolute Gasteiger partial charge is 0.463 e. The van der Waals surface area contributed by atoms with Crippen molar-refractivity contribution < 1.29 is 14.3 Å². The molecule has 0 aliphatic carbocycles. The van der Waals surface area contributed by atoms with Crippen molar-refractivity contribution in [3.8, 4) is 0 Å². The van der Waals surface area contributed by atoms with Gasteiger partial charge in [0, 0.05) is 12.8 Å². The molecule has 0 spiro atoms. The maximum Gasteiger partial charge on any atom is 0.305 e. The molecular formula is C28H51NO3. The molecule has 0 aromatic carbocycles. The van der Waals surface area contributed by atoms with E-state index in [1.54, 1.807) is 0 Å². The first kappa shape index (κ1) is 30.4. The van der Waals surface area contributed by atoms with Gasteiger partial charge in [0.2, 0.25) is 5.91 Å². The number of ether oxygens (including phenoxy) is 1. The van der Waals surface area contributed by atoms with Crippen LogP contribution in [0.15, 0.2) is 25.3 Å². The van der Waals surface area contributed by atoms with E-state index in [9.17, 15) is 9.59 Å². The van der Waals surface area contributed by atoms with Gasteiger partial charge < -0.3 is 10.1 Å². The Balaban J connectivity index is 3.80. The summed E-state index contributed by atoms with van der Waals surface area (Å²) < 4.78 is 5.46. The Kier molecular flexibility index (Phi) is 21.5. The van der Waals surface area contributed by atoms with Crippen LogP contribution in [0.3, 0.4) is 0 Å². The highest BCUT2D eigenvalue weighted by Crippen LogP contribution is 2.12. The van der Waals surface area contributed by atoms with Crippen molar-refractivity contribution in [3.05, 3.63) is 25.3 Å². The lowest BCUT2D eigenvalue weighted by molar-refractivity contribution is -0.145. The number of rotatable bonds is 23. The summed E-state index contributed by atoms with van der Waals surface area (Å²) in [5.74, 6) is 0.157. The molecular weight excluding hydrogens is 398 g/mol. The molecule has 1 atom stereocenters. The summed E-state index contributed by atoms with van der Waals surface area (Å²) >= 11 is 0. The van der Waals surface area contributed by atoms with Crippen LogP contribution >= 0.6 is 0 Å². The summed E-state index contributed by atoms with van der Waals surface area (Å²) in [6.07, 6.45) is 22.2. The van der Waals surface area contributed by atoms with Gasteiger partial charge in [-0.05, 0) is 44.4 Å². The normalized spacial score (nSPS) is 11.8. The average molecular weight is 450 g/mol. The second-order valence-corrected chi connectivity index (χ2v) is 9.35. The lowest BCUT2D eigenvalue weighted by Gasteiger charge is -2.22. The molecule has 0 rings (SSSR count). The molecule has 0 aliphatic heterocycles. The highest BCUT2D eigenvalue weighted by molar-refractivity contribution is 5.76. The molecule has 32 heavy (non-hydrogen) atoms. The van der Waals surface area contributed by atoms with E-state index < -0.39 is 0 Å². The smallest absolute Gasteiger partial charge is 0.305 e. The molecule has 1 amide bonds. The van der Waals surface area contributed by atoms with Gasteiger partial charge in [0.15, 0.2) is 0 Å². The van der Waals surface area contributed by atoms with E-state index in [4.69, 9.17) is 4.74 Å². The number of allylic oxidation sites excluding steroid dienone is 2. The zero-order chi connectivity index (χ0) is 23.9. The van der Waals surface area contributed by atoms with Crippen molar-refractivity contribution in [2.45, 2.75) is 129 Å². The highest BCUT2D eigenvalue weighted by atomic mass is 16.5. The second-order valence-electron chi connectivity index (χ2n) is 9.35. The fourth-order valence-electron chi connectivity index (χ4n) is 3.66. The molecule has 0 heterocycles. The molecule has 0 saturated carbocycles. The zero-order valence-corrected chi connectivity index (χ0v) is 21.2. The first-order chi connectivity index (χ1) is 15.5. The van der Waals surface area contributed by atoms with Gasteiger partial charge in [-0.15, -0.1) is 13.2 Å². The molecule has 0 aromatic heterocycles. The average Bonchev–Trinajstić information content (AvgIpc) is 2.77. The third kappa shape index (κ3) is 20.3. The SMILES string of the molecule is C=CCCCCCCCCCC(=O)OCC(NC(=O)CCCCCCCCC=C)C(C)C. The minimum Gasteiger partial charge on any atom is -0.463 e. The van der Waals surface area contributed by atoms with Gasteiger partial charge in [-0.25, -0.2) is 0 Å². The van der Waals surface area contributed by atoms with Crippen LogP contribution in [0.5, 0.6) is 0 Å². The van der Waals surface area contributed by atoms with Crippen LogP contribution in [0.1, 0.15) is 123 Å². The lowest BCUT2D eigenvalue weighted by atomic mass is 10.0. The molecule has 0 bridgehead atoms. The van der Waals surface area contributed by atoms with E-state index in [1.807, 2.05) is 12.2 Å². The lowest BCUT2D eigenvalue weighted by Crippen LogP contribution is -2.42. The highest BCUT2D eigenvalue weighted by Gasteiger charge is 2.18. The summed E-state index contributed by atoms with van der Waals surface area (Å²) in [6.45, 7) is 11.9. The fourth-order valence-corrected chi connectivity index (χ4v) is 3.66. The van der Waals surface area contributed by atoms with Crippen LogP contribution in [0.2, 0.25) is 0 Å². The monoisotopic (exact) mass is 449 g/mol. The summed E-state index contributed by atoms with van der Waals surface area (Å²) in [5.41, 5.74) is 0. The van der Waals surface area contributed by atoms with Crippen LogP contribution in [-0.4, -0.2) is 24.5 Å². The van der Waals surface area contributed by atoms with Crippen LogP contribution in [0.4, 0.5) is 0 Å². The molecule has 0 aromatic rings. The van der Waals surface area contributed by atoms with Crippen LogP contribution in [0.25, 0.3) is 0 Å². The standard InChI is InChI=1S/C28H51NO3/c1-5-7-9-11-13-15-17-19-21-23-28(31)32-24-26(25(3)4)29-27(30)22-20-18-16-14-12-10-8-6-2/h5-6,25-26H,1-2,7-24H2,3-4H3,(H,29,30). The molecule has 4 heteroatoms. The predicted molar refractivity (Wildman–Crippen MR) is 137 cm³/mol. The van der Waals surface area contributed by atoms with Gasteiger partial charge in [0.05, 0.1) is 6.04 Å². The van der Waals surface area contributed by atoms with Gasteiger partial charge in [-0.2, -0.15) is 0 Å². The molecule has 1 N–H and O–H groups in total. The zero-order valence-electron chi connectivity index (χ0n) is 21.2. The van der Waals surface area contributed by atoms with Crippen molar-refractivity contribution in [3.63, 3.8) is 0 Å². The predicted octanol–water partition coefficient (Wildman–Crippen LogP) is 7.67. The number of esters is 1. The van der Waals surface area contributed by atoms with Gasteiger partial charge >= 0.3 is 5.97 Å². The number of hydrogen-bond donors (Lipinski definition) is 1. The molecule has 0 aliphatic rings. The van der Waals surface area contributed by atoms with Crippen LogP contribution in [-0.2, 0) is 14.3 Å². The molecule has 0 saturated heterocycles. The van der Waals surface area contributed by atoms with Gasteiger partial charge in [0.25, 0.3) is 0 Å². The molecule has 0 radical (unpaired) electrons. The van der Waals surface area contributed by atoms with E-state index >= 15 is 0 Å². The van der Waals surface area contributed by atoms with E-state index in [2.05, 4.69) is 32.3 Å². The molecule has 4 nitrogen and oxygen atoms in total. The Hall–Kier alpha value is -1.58. The second kappa shape index (κ2) is 22.6. The first-order valence-electron chi connectivity index (χ1n) is 13.2. The van der Waals surface area contributed by atoms with Crippen molar-refractivity contribution in [1.82, 2.24) is 5.32 Å². The number of carbonyl (C=O) groups excluding carboxylic acids is 2. The summed E-state index contributed by atoms with van der Waals surface area (Å²) in [4.78, 5) is 24.3. The Bertz CT molecular complexity index is 487. The Labute approximate surface area is 198 Å². The minimum atomic E-state index is -0.146. The third-order valence-corrected chi connectivity index (χ3v) is 5.93. The van der Waals surface area contributed by atoms with E-state index in [1.165, 1.54) is 57.8 Å². The van der Waals surface area contributed by atoms with E-state index in [-0.39, 0.29) is 30.4 Å². The van der Waals surface area contributed by atoms with Crippen LogP contribution in [0, 0.1) is 5.92 Å². The maximum atomic E-state index is 12.3. The number of hydrogen-bond acceptors (Lipinski definition) is 3. The molecule has 186 valence electrons. The van der Waals surface area contributed by atoms with Crippen molar-refractivity contribution in [2.75, 3.05) is 6.61 Å². The maximum absolute atomic E-state index is 12.3. The van der Waals surface area contributed by atoms with Gasteiger partial charge in [-0.3, -0.25) is 9.59 Å². The van der Waals surface area contributed by atoms with Crippen LogP contribution < -0.4 is 5.32 Å². The Morgan fingerprint density at radius 1 is 0.719 bits per heavy atom. The van der Waals surface area contributed by atoms with Crippen molar-refractivity contribution in [2.24, 2.45) is 5.92 Å². The van der Waals surface area contributed by atoms with Crippen molar-refractivity contribution >= 4 is 11.9 Å². The van der Waals surface area contributed by atoms with Crippen molar-refractivity contribution in [1.29, 1.82) is 0 Å². The minimum absolute atomic E-state index is 0.0690. The fraction of sp³-hybridized carbons (Fsp3) is 0.786. The van der Waals surface area contributed by atoms with Gasteiger partial charge in [0.1, 0.15) is 6.61 Å². The number of amides is 1. The summed E-state index contributed by atoms with van der Waals surface area (Å²) in [6, 6.07) is -0.110. The third-order valence-electron chi connectivity index (χ3n) is 5.93. The van der Waals surface area contributed by atoms with Gasteiger partial charge in [-0.1, -0.05) is 83.8 Å². The molecule has 0 fully saturated rings. The topological polar surface area (TPSA) is 55.4 Å². The first-order valence-corrected chi connectivity index (χ1v) is 13.2. The summed E-state index contributed by atoms with van der Waals surface area (Å²) in [7, 11) is 0. The van der Waals surface area contributed by atoms with E-state index in [0.29, 0.717) is 12.8 Å². The number of unbranched alkanes of at least 4 members (excludes halogenated alkanes) is 13. The summed E-state index contributed by atoms with van der Waals surface area (Å²) in [5, 5.41) is 3.06. The van der Waals surface area contributed by atoms with E-state index in [0.717, 1.165) is 38.5 Å². The number of nitrogens with one attached hydrogen (secondary N) is 1. The number of carbonyl (C=O) groups is 2. The Morgan fingerprint density at radius 3 is 1.62 bits per heavy atom.